The van der Waals surface area contributed by atoms with Crippen molar-refractivity contribution in [2.45, 2.75) is 45.1 Å². The van der Waals surface area contributed by atoms with Crippen LogP contribution in [0, 0.1) is 5.92 Å². The molecule has 2 rings (SSSR count). The molecule has 1 N–H and O–H groups in total. The molecule has 1 fully saturated rings. The molecule has 0 aliphatic heterocycles. The standard InChI is InChI=1S/C12H22N4/c1-3-4-10(8-13-11-5-6-11)7-12-9-16(2)15-14-12/h9-11,13H,3-8H2,1-2H3. The third-order valence-corrected chi connectivity index (χ3v) is 3.12. The molecule has 1 aromatic rings. The number of rotatable bonds is 7. The fraction of sp³-hybridized carbons (Fsp3) is 0.833. The van der Waals surface area contributed by atoms with Crippen LogP contribution >= 0.6 is 0 Å². The molecule has 1 heterocycles. The van der Waals surface area contributed by atoms with Crippen molar-refractivity contribution in [1.29, 1.82) is 0 Å². The summed E-state index contributed by atoms with van der Waals surface area (Å²) < 4.78 is 1.78. The summed E-state index contributed by atoms with van der Waals surface area (Å²) in [5, 5.41) is 11.8. The topological polar surface area (TPSA) is 42.7 Å². The van der Waals surface area contributed by atoms with Gasteiger partial charge in [0.25, 0.3) is 0 Å². The Morgan fingerprint density at radius 2 is 2.38 bits per heavy atom. The predicted octanol–water partition coefficient (Wildman–Crippen LogP) is 1.53. The highest BCUT2D eigenvalue weighted by molar-refractivity contribution is 4.94. The fourth-order valence-corrected chi connectivity index (χ4v) is 2.09. The van der Waals surface area contributed by atoms with Gasteiger partial charge in [0.1, 0.15) is 0 Å². The molecule has 1 aliphatic rings. The highest BCUT2D eigenvalue weighted by Gasteiger charge is 2.22. The van der Waals surface area contributed by atoms with Gasteiger partial charge < -0.3 is 5.32 Å². The summed E-state index contributed by atoms with van der Waals surface area (Å²) >= 11 is 0. The molecule has 4 nitrogen and oxygen atoms in total. The summed E-state index contributed by atoms with van der Waals surface area (Å²) in [5.74, 6) is 0.710. The Bertz CT molecular complexity index is 317. The fourth-order valence-electron chi connectivity index (χ4n) is 2.09. The van der Waals surface area contributed by atoms with Crippen LogP contribution in [0.4, 0.5) is 0 Å². The summed E-state index contributed by atoms with van der Waals surface area (Å²) in [5.41, 5.74) is 1.12. The first-order chi connectivity index (χ1) is 7.78. The maximum absolute atomic E-state index is 4.17. The van der Waals surface area contributed by atoms with Gasteiger partial charge >= 0.3 is 0 Å². The minimum absolute atomic E-state index is 0.710. The van der Waals surface area contributed by atoms with E-state index in [0.29, 0.717) is 5.92 Å². The van der Waals surface area contributed by atoms with Crippen LogP contribution < -0.4 is 5.32 Å². The Labute approximate surface area is 97.4 Å². The monoisotopic (exact) mass is 222 g/mol. The zero-order valence-electron chi connectivity index (χ0n) is 10.3. The SMILES string of the molecule is CCCC(CNC1CC1)Cc1cn(C)nn1. The molecule has 0 amide bonds. The second-order valence-electron chi connectivity index (χ2n) is 4.92. The summed E-state index contributed by atoms with van der Waals surface area (Å²) in [6, 6.07) is 0.807. The lowest BCUT2D eigenvalue weighted by Crippen LogP contribution is -2.26. The second-order valence-corrected chi connectivity index (χ2v) is 4.92. The molecule has 1 unspecified atom stereocenters. The summed E-state index contributed by atoms with van der Waals surface area (Å²) in [7, 11) is 1.92. The van der Waals surface area contributed by atoms with E-state index in [4.69, 9.17) is 0 Å². The zero-order valence-corrected chi connectivity index (χ0v) is 10.3. The van der Waals surface area contributed by atoms with Gasteiger partial charge in [-0.05, 0) is 38.1 Å². The van der Waals surface area contributed by atoms with Gasteiger partial charge in [0.2, 0.25) is 0 Å². The minimum Gasteiger partial charge on any atom is -0.314 e. The third-order valence-electron chi connectivity index (χ3n) is 3.12. The molecule has 1 aromatic heterocycles. The largest absolute Gasteiger partial charge is 0.314 e. The van der Waals surface area contributed by atoms with Gasteiger partial charge in [-0.3, -0.25) is 4.68 Å². The Morgan fingerprint density at radius 1 is 1.56 bits per heavy atom. The normalized spacial score (nSPS) is 17.6. The number of aryl methyl sites for hydroxylation is 1. The van der Waals surface area contributed by atoms with Gasteiger partial charge in [0.05, 0.1) is 5.69 Å². The second kappa shape index (κ2) is 5.43. The number of nitrogens with one attached hydrogen (secondary N) is 1. The molecule has 0 spiro atoms. The van der Waals surface area contributed by atoms with Crippen LogP contribution in [0.15, 0.2) is 6.20 Å². The van der Waals surface area contributed by atoms with E-state index in [1.54, 1.807) is 4.68 Å². The molecular formula is C12H22N4. The molecule has 1 atom stereocenters. The van der Waals surface area contributed by atoms with Gasteiger partial charge in [-0.1, -0.05) is 18.6 Å². The molecule has 1 aliphatic carbocycles. The smallest absolute Gasteiger partial charge is 0.0830 e. The Hall–Kier alpha value is -0.900. The highest BCUT2D eigenvalue weighted by atomic mass is 15.4. The molecular weight excluding hydrogens is 200 g/mol. The van der Waals surface area contributed by atoms with Crippen LogP contribution in [0.3, 0.4) is 0 Å². The summed E-state index contributed by atoms with van der Waals surface area (Å²) in [4.78, 5) is 0. The van der Waals surface area contributed by atoms with E-state index in [1.807, 2.05) is 13.2 Å². The lowest BCUT2D eigenvalue weighted by Gasteiger charge is -2.15. The van der Waals surface area contributed by atoms with Crippen LogP contribution in [-0.4, -0.2) is 27.6 Å². The zero-order chi connectivity index (χ0) is 11.4. The van der Waals surface area contributed by atoms with Crippen molar-refractivity contribution in [3.63, 3.8) is 0 Å². The average Bonchev–Trinajstić information content (AvgIpc) is 3.00. The van der Waals surface area contributed by atoms with Gasteiger partial charge in [-0.2, -0.15) is 0 Å². The van der Waals surface area contributed by atoms with Gasteiger partial charge in [0, 0.05) is 19.3 Å². The van der Waals surface area contributed by atoms with Crippen LogP contribution in [-0.2, 0) is 13.5 Å². The van der Waals surface area contributed by atoms with Crippen molar-refractivity contribution in [2.75, 3.05) is 6.54 Å². The Kier molecular flexibility index (Phi) is 3.93. The molecule has 90 valence electrons. The average molecular weight is 222 g/mol. The van der Waals surface area contributed by atoms with Gasteiger partial charge in [-0.25, -0.2) is 0 Å². The lowest BCUT2D eigenvalue weighted by atomic mass is 9.98. The number of aromatic nitrogens is 3. The number of nitrogens with zero attached hydrogens (tertiary/aromatic N) is 3. The van der Waals surface area contributed by atoms with E-state index >= 15 is 0 Å². The third kappa shape index (κ3) is 3.59. The van der Waals surface area contributed by atoms with Crippen LogP contribution in [0.25, 0.3) is 0 Å². The van der Waals surface area contributed by atoms with Crippen molar-refractivity contribution in [3.05, 3.63) is 11.9 Å². The maximum atomic E-state index is 4.17. The van der Waals surface area contributed by atoms with E-state index < -0.39 is 0 Å². The Morgan fingerprint density at radius 3 is 2.94 bits per heavy atom. The van der Waals surface area contributed by atoms with Crippen LogP contribution in [0.1, 0.15) is 38.3 Å². The number of hydrogen-bond acceptors (Lipinski definition) is 3. The quantitative estimate of drug-likeness (QED) is 0.760. The molecule has 4 heteroatoms. The summed E-state index contributed by atoms with van der Waals surface area (Å²) in [6.07, 6.45) is 8.34. The predicted molar refractivity (Wildman–Crippen MR) is 64.1 cm³/mol. The molecule has 0 radical (unpaired) electrons. The molecule has 0 aromatic carbocycles. The first-order valence-electron chi connectivity index (χ1n) is 6.36. The molecule has 0 bridgehead atoms. The van der Waals surface area contributed by atoms with E-state index in [2.05, 4.69) is 22.6 Å². The first kappa shape index (κ1) is 11.6. The molecule has 16 heavy (non-hydrogen) atoms. The van der Waals surface area contributed by atoms with Crippen molar-refractivity contribution in [2.24, 2.45) is 13.0 Å². The molecule has 1 saturated carbocycles. The van der Waals surface area contributed by atoms with E-state index in [-0.39, 0.29) is 0 Å². The minimum atomic E-state index is 0.710. The van der Waals surface area contributed by atoms with E-state index in [0.717, 1.165) is 24.7 Å². The lowest BCUT2D eigenvalue weighted by molar-refractivity contribution is 0.433. The van der Waals surface area contributed by atoms with Crippen molar-refractivity contribution >= 4 is 0 Å². The Balaban J connectivity index is 1.80. The van der Waals surface area contributed by atoms with Crippen molar-refractivity contribution in [1.82, 2.24) is 20.3 Å². The van der Waals surface area contributed by atoms with Gasteiger partial charge in [0.15, 0.2) is 0 Å². The highest BCUT2D eigenvalue weighted by Crippen LogP contribution is 2.20. The summed E-state index contributed by atoms with van der Waals surface area (Å²) in [6.45, 7) is 3.38. The van der Waals surface area contributed by atoms with E-state index in [1.165, 1.54) is 25.7 Å². The van der Waals surface area contributed by atoms with E-state index in [9.17, 15) is 0 Å². The van der Waals surface area contributed by atoms with Crippen LogP contribution in [0.2, 0.25) is 0 Å². The molecule has 0 saturated heterocycles. The number of hydrogen-bond donors (Lipinski definition) is 1. The van der Waals surface area contributed by atoms with Crippen LogP contribution in [0.5, 0.6) is 0 Å². The maximum Gasteiger partial charge on any atom is 0.0830 e. The van der Waals surface area contributed by atoms with Crippen molar-refractivity contribution in [3.8, 4) is 0 Å². The van der Waals surface area contributed by atoms with Crippen molar-refractivity contribution < 1.29 is 0 Å². The van der Waals surface area contributed by atoms with Gasteiger partial charge in [-0.15, -0.1) is 5.10 Å². The first-order valence-corrected chi connectivity index (χ1v) is 6.36.